The lowest BCUT2D eigenvalue weighted by molar-refractivity contribution is -0.115. The minimum atomic E-state index is -3.62. The molecule has 0 spiro atoms. The van der Waals surface area contributed by atoms with Gasteiger partial charge < -0.3 is 9.88 Å². The van der Waals surface area contributed by atoms with Crippen LogP contribution in [0.15, 0.2) is 47.4 Å². The van der Waals surface area contributed by atoms with Gasteiger partial charge in [0.05, 0.1) is 17.9 Å². The molecular weight excluding hydrogens is 362 g/mol. The molecule has 1 amide bonds. The molecule has 1 N–H and O–H groups in total. The van der Waals surface area contributed by atoms with Gasteiger partial charge in [0.25, 0.3) is 0 Å². The van der Waals surface area contributed by atoms with Crippen molar-refractivity contribution >= 4 is 32.5 Å². The summed E-state index contributed by atoms with van der Waals surface area (Å²) in [6.07, 6.45) is 0.924. The Hall–Kier alpha value is -2.64. The molecule has 0 radical (unpaired) electrons. The van der Waals surface area contributed by atoms with E-state index in [0.29, 0.717) is 25.2 Å². The fourth-order valence-corrected chi connectivity index (χ4v) is 5.66. The predicted molar refractivity (Wildman–Crippen MR) is 103 cm³/mol. The van der Waals surface area contributed by atoms with E-state index in [2.05, 4.69) is 22.0 Å². The SMILES string of the molecule is Cn1c2c(c3ccccc31)CCN(S(=O)(=O)c1ccc3c(c1)CC(=O)N3)C2. The third kappa shape index (κ3) is 2.42. The van der Waals surface area contributed by atoms with Crippen molar-refractivity contribution < 1.29 is 13.2 Å². The summed E-state index contributed by atoms with van der Waals surface area (Å²) < 4.78 is 30.1. The highest BCUT2D eigenvalue weighted by molar-refractivity contribution is 7.89. The maximum Gasteiger partial charge on any atom is 0.243 e. The highest BCUT2D eigenvalue weighted by Gasteiger charge is 2.32. The Morgan fingerprint density at radius 1 is 1.11 bits per heavy atom. The first-order chi connectivity index (χ1) is 12.9. The molecule has 5 rings (SSSR count). The Bertz CT molecular complexity index is 1210. The zero-order valence-corrected chi connectivity index (χ0v) is 15.7. The van der Waals surface area contributed by atoms with Crippen LogP contribution >= 0.6 is 0 Å². The van der Waals surface area contributed by atoms with Crippen LogP contribution in [-0.2, 0) is 41.3 Å². The van der Waals surface area contributed by atoms with Crippen LogP contribution in [0.1, 0.15) is 16.8 Å². The number of nitrogens with one attached hydrogen (secondary N) is 1. The van der Waals surface area contributed by atoms with E-state index < -0.39 is 10.0 Å². The van der Waals surface area contributed by atoms with Crippen molar-refractivity contribution in [3.63, 3.8) is 0 Å². The molecule has 2 aliphatic rings. The maximum absolute atomic E-state index is 13.2. The molecule has 0 unspecified atom stereocenters. The van der Waals surface area contributed by atoms with Gasteiger partial charge in [-0.1, -0.05) is 18.2 Å². The quantitative estimate of drug-likeness (QED) is 0.741. The zero-order valence-electron chi connectivity index (χ0n) is 14.9. The number of nitrogens with zero attached hydrogens (tertiary/aromatic N) is 2. The second-order valence-corrected chi connectivity index (χ2v) is 9.07. The summed E-state index contributed by atoms with van der Waals surface area (Å²) in [6, 6.07) is 13.1. The van der Waals surface area contributed by atoms with E-state index in [4.69, 9.17) is 0 Å². The number of aryl methyl sites for hydroxylation is 1. The van der Waals surface area contributed by atoms with Crippen LogP contribution in [0.3, 0.4) is 0 Å². The lowest BCUT2D eigenvalue weighted by atomic mass is 10.1. The van der Waals surface area contributed by atoms with Crippen LogP contribution < -0.4 is 5.32 Å². The van der Waals surface area contributed by atoms with Crippen LogP contribution in [0.5, 0.6) is 0 Å². The van der Waals surface area contributed by atoms with E-state index in [1.54, 1.807) is 22.5 Å². The first-order valence-electron chi connectivity index (χ1n) is 8.93. The maximum atomic E-state index is 13.2. The Morgan fingerprint density at radius 3 is 2.78 bits per heavy atom. The Balaban J connectivity index is 1.53. The summed E-state index contributed by atoms with van der Waals surface area (Å²) in [5.41, 5.74) is 4.85. The minimum Gasteiger partial charge on any atom is -0.346 e. The molecule has 7 heteroatoms. The standard InChI is InChI=1S/C20H19N3O3S/c1-22-18-5-3-2-4-15(18)16-8-9-23(12-19(16)22)27(25,26)14-6-7-17-13(10-14)11-20(24)21-17/h2-7,10H,8-9,11-12H2,1H3,(H,21,24). The largest absolute Gasteiger partial charge is 0.346 e. The Morgan fingerprint density at radius 2 is 1.93 bits per heavy atom. The molecule has 27 heavy (non-hydrogen) atoms. The normalized spacial score (nSPS) is 17.0. The average molecular weight is 381 g/mol. The number of amides is 1. The number of aromatic nitrogens is 1. The van der Waals surface area contributed by atoms with Gasteiger partial charge >= 0.3 is 0 Å². The molecule has 2 aromatic carbocycles. The molecule has 0 bridgehead atoms. The molecule has 2 aliphatic heterocycles. The third-order valence-corrected chi connectivity index (χ3v) is 7.46. The van der Waals surface area contributed by atoms with Gasteiger partial charge in [-0.15, -0.1) is 0 Å². The van der Waals surface area contributed by atoms with Gasteiger partial charge in [-0.3, -0.25) is 4.79 Å². The number of benzene rings is 2. The van der Waals surface area contributed by atoms with Crippen molar-refractivity contribution in [2.24, 2.45) is 7.05 Å². The van der Waals surface area contributed by atoms with Crippen LogP contribution in [0.4, 0.5) is 5.69 Å². The summed E-state index contributed by atoms with van der Waals surface area (Å²) in [5, 5.41) is 3.94. The first kappa shape index (κ1) is 16.5. The Labute approximate surface area is 157 Å². The number of hydrogen-bond acceptors (Lipinski definition) is 3. The number of hydrogen-bond donors (Lipinski definition) is 1. The predicted octanol–water partition coefficient (Wildman–Crippen LogP) is 2.42. The molecule has 0 fully saturated rings. The Kier molecular flexibility index (Phi) is 3.47. The topological polar surface area (TPSA) is 71.4 Å². The summed E-state index contributed by atoms with van der Waals surface area (Å²) >= 11 is 0. The van der Waals surface area contributed by atoms with Gasteiger partial charge in [-0.2, -0.15) is 4.31 Å². The second kappa shape index (κ2) is 5.68. The van der Waals surface area contributed by atoms with Crippen LogP contribution in [0.2, 0.25) is 0 Å². The van der Waals surface area contributed by atoms with Crippen molar-refractivity contribution in [1.29, 1.82) is 0 Å². The van der Waals surface area contributed by atoms with E-state index >= 15 is 0 Å². The van der Waals surface area contributed by atoms with Gasteiger partial charge in [-0.05, 0) is 41.8 Å². The molecule has 3 aromatic rings. The molecule has 1 aromatic heterocycles. The van der Waals surface area contributed by atoms with Crippen molar-refractivity contribution in [3.05, 3.63) is 59.3 Å². The molecule has 0 aliphatic carbocycles. The fourth-order valence-electron chi connectivity index (χ4n) is 4.21. The fraction of sp³-hybridized carbons (Fsp3) is 0.250. The molecule has 6 nitrogen and oxygen atoms in total. The molecule has 0 saturated heterocycles. The van der Waals surface area contributed by atoms with Crippen molar-refractivity contribution in [1.82, 2.24) is 8.87 Å². The molecule has 0 atom stereocenters. The van der Waals surface area contributed by atoms with Gasteiger partial charge in [0.2, 0.25) is 15.9 Å². The van der Waals surface area contributed by atoms with Crippen molar-refractivity contribution in [3.8, 4) is 0 Å². The second-order valence-electron chi connectivity index (χ2n) is 7.13. The highest BCUT2D eigenvalue weighted by Crippen LogP contribution is 2.33. The molecule has 3 heterocycles. The monoisotopic (exact) mass is 381 g/mol. The molecule has 138 valence electrons. The van der Waals surface area contributed by atoms with Crippen LogP contribution in [0, 0.1) is 0 Å². The number of rotatable bonds is 2. The van der Waals surface area contributed by atoms with E-state index in [1.165, 1.54) is 10.9 Å². The minimum absolute atomic E-state index is 0.0994. The van der Waals surface area contributed by atoms with E-state index in [1.807, 2.05) is 19.2 Å². The third-order valence-electron chi connectivity index (χ3n) is 5.62. The van der Waals surface area contributed by atoms with Crippen LogP contribution in [-0.4, -0.2) is 29.7 Å². The number of para-hydroxylation sites is 1. The average Bonchev–Trinajstić information content (AvgIpc) is 3.18. The van der Waals surface area contributed by atoms with Gasteiger partial charge in [0.1, 0.15) is 0 Å². The van der Waals surface area contributed by atoms with Gasteiger partial charge in [-0.25, -0.2) is 8.42 Å². The number of carbonyl (C=O) groups excluding carboxylic acids is 1. The van der Waals surface area contributed by atoms with Crippen molar-refractivity contribution in [2.45, 2.75) is 24.3 Å². The first-order valence-corrected chi connectivity index (χ1v) is 10.4. The molecular formula is C20H19N3O3S. The number of fused-ring (bicyclic) bond motifs is 4. The van der Waals surface area contributed by atoms with E-state index in [9.17, 15) is 13.2 Å². The lowest BCUT2D eigenvalue weighted by Gasteiger charge is -2.27. The summed E-state index contributed by atoms with van der Waals surface area (Å²) in [4.78, 5) is 11.8. The van der Waals surface area contributed by atoms with Gasteiger partial charge in [0.15, 0.2) is 0 Å². The van der Waals surface area contributed by atoms with E-state index in [-0.39, 0.29) is 17.2 Å². The molecule has 0 saturated carbocycles. The summed E-state index contributed by atoms with van der Waals surface area (Å²) in [7, 11) is -1.63. The number of sulfonamides is 1. The van der Waals surface area contributed by atoms with Crippen molar-refractivity contribution in [2.75, 3.05) is 11.9 Å². The van der Waals surface area contributed by atoms with E-state index in [0.717, 1.165) is 16.8 Å². The highest BCUT2D eigenvalue weighted by atomic mass is 32.2. The smallest absolute Gasteiger partial charge is 0.243 e. The van der Waals surface area contributed by atoms with Gasteiger partial charge in [0, 0.05) is 35.9 Å². The zero-order chi connectivity index (χ0) is 18.8. The summed E-state index contributed by atoms with van der Waals surface area (Å²) in [5.74, 6) is -0.0994. The lowest BCUT2D eigenvalue weighted by Crippen LogP contribution is -2.36. The van der Waals surface area contributed by atoms with Crippen LogP contribution in [0.25, 0.3) is 10.9 Å². The number of anilines is 1. The summed E-state index contributed by atoms with van der Waals surface area (Å²) in [6.45, 7) is 0.814. The number of carbonyl (C=O) groups is 1.